The number of hydrogen-bond acceptors (Lipinski definition) is 7. The topological polar surface area (TPSA) is 124 Å². The van der Waals surface area contributed by atoms with E-state index in [1.54, 1.807) is 23.1 Å². The number of likely N-dealkylation sites (tertiary alicyclic amines) is 1. The lowest BCUT2D eigenvalue weighted by Gasteiger charge is -2.39. The third-order valence-corrected chi connectivity index (χ3v) is 8.43. The van der Waals surface area contributed by atoms with Crippen LogP contribution in [0.15, 0.2) is 36.4 Å². The fourth-order valence-corrected chi connectivity index (χ4v) is 5.90. The van der Waals surface area contributed by atoms with Crippen molar-refractivity contribution in [3.05, 3.63) is 70.3 Å². The van der Waals surface area contributed by atoms with Gasteiger partial charge in [-0.05, 0) is 67.6 Å². The summed E-state index contributed by atoms with van der Waals surface area (Å²) < 4.78 is 33.9. The first kappa shape index (κ1) is 31.8. The number of piperidine rings is 1. The number of aromatic nitrogens is 2. The molecule has 45 heavy (non-hydrogen) atoms. The summed E-state index contributed by atoms with van der Waals surface area (Å²) in [6, 6.07) is 9.05. The monoisotopic (exact) mass is 621 g/mol. The molecule has 3 heterocycles. The van der Waals surface area contributed by atoms with Crippen LogP contribution in [0, 0.1) is 19.7 Å². The molecule has 11 nitrogen and oxygen atoms in total. The van der Waals surface area contributed by atoms with Gasteiger partial charge in [-0.1, -0.05) is 6.07 Å². The Morgan fingerprint density at radius 1 is 1.11 bits per heavy atom. The van der Waals surface area contributed by atoms with Gasteiger partial charge >= 0.3 is 0 Å². The molecule has 2 aromatic carbocycles. The van der Waals surface area contributed by atoms with E-state index in [1.165, 1.54) is 19.2 Å². The number of nitrogens with one attached hydrogen (secondary N) is 2. The predicted octanol–water partition coefficient (Wildman–Crippen LogP) is 2.92. The van der Waals surface area contributed by atoms with Crippen LogP contribution in [0.1, 0.15) is 47.3 Å². The standard InChI is InChI=1S/C33H40FN5O6/c1-20-26(21(2)38(3)37-20)7-10-33(42)39-12-11-28-27(18-39)36-32(41)19-44-30-15-22(5-8-29(30)43-4)6-9-31(40)35-17-23-13-24(34)16-25(14-23)45-28/h5,8,13-16,27-28H,6-7,9-12,17-19H2,1-4H3,(H,35,40)(H,36,41)/t27-,28-/m1/s1. The predicted molar refractivity (Wildman–Crippen MR) is 164 cm³/mol. The molecule has 2 N–H and O–H groups in total. The van der Waals surface area contributed by atoms with E-state index in [9.17, 15) is 18.8 Å². The van der Waals surface area contributed by atoms with Gasteiger partial charge in [-0.25, -0.2) is 4.39 Å². The average Bonchev–Trinajstić information content (AvgIpc) is 3.26. The maximum atomic E-state index is 14.6. The SMILES string of the molecule is COc1ccc2cc1OCC(=O)N[C@@H]1CN(C(=O)CCc3c(C)nn(C)c3C)CC[C@H]1Oc1cc(F)cc(c1)CNC(=O)CC2. The van der Waals surface area contributed by atoms with Gasteiger partial charge < -0.3 is 29.7 Å². The number of aryl methyl sites for hydroxylation is 3. The summed E-state index contributed by atoms with van der Waals surface area (Å²) in [4.78, 5) is 40.9. The molecule has 2 aliphatic rings. The van der Waals surface area contributed by atoms with Crippen LogP contribution in [-0.4, -0.2) is 71.4 Å². The summed E-state index contributed by atoms with van der Waals surface area (Å²) in [5.74, 6) is -0.00958. The number of amides is 3. The highest BCUT2D eigenvalue weighted by Gasteiger charge is 2.34. The Balaban J connectivity index is 1.36. The fraction of sp³-hybridized carbons (Fsp3) is 0.455. The number of hydrogen-bond donors (Lipinski definition) is 2. The van der Waals surface area contributed by atoms with Crippen molar-refractivity contribution in [1.82, 2.24) is 25.3 Å². The molecule has 1 aromatic heterocycles. The lowest BCUT2D eigenvalue weighted by molar-refractivity contribution is -0.135. The van der Waals surface area contributed by atoms with Gasteiger partial charge in [-0.2, -0.15) is 5.10 Å². The van der Waals surface area contributed by atoms with Gasteiger partial charge in [0.05, 0.1) is 18.8 Å². The third-order valence-electron chi connectivity index (χ3n) is 8.43. The Hall–Kier alpha value is -4.61. The molecule has 0 saturated carbocycles. The van der Waals surface area contributed by atoms with E-state index < -0.39 is 23.9 Å². The molecular formula is C33H40FN5O6. The summed E-state index contributed by atoms with van der Waals surface area (Å²) in [6.45, 7) is 4.39. The van der Waals surface area contributed by atoms with Crippen molar-refractivity contribution >= 4 is 17.7 Å². The molecule has 1 saturated heterocycles. The van der Waals surface area contributed by atoms with Crippen molar-refractivity contribution in [1.29, 1.82) is 0 Å². The molecule has 12 heteroatoms. The maximum Gasteiger partial charge on any atom is 0.258 e. The Kier molecular flexibility index (Phi) is 9.90. The van der Waals surface area contributed by atoms with Gasteiger partial charge in [0.2, 0.25) is 11.8 Å². The van der Waals surface area contributed by atoms with Crippen molar-refractivity contribution in [2.45, 2.75) is 64.6 Å². The Labute approximate surface area is 262 Å². The number of rotatable bonds is 4. The van der Waals surface area contributed by atoms with E-state index in [1.807, 2.05) is 31.6 Å². The van der Waals surface area contributed by atoms with Gasteiger partial charge in [0.15, 0.2) is 18.1 Å². The van der Waals surface area contributed by atoms with Crippen LogP contribution in [0.3, 0.4) is 0 Å². The van der Waals surface area contributed by atoms with E-state index in [0.29, 0.717) is 49.3 Å². The number of ether oxygens (including phenoxy) is 3. The summed E-state index contributed by atoms with van der Waals surface area (Å²) in [7, 11) is 3.40. The molecule has 0 unspecified atom stereocenters. The van der Waals surface area contributed by atoms with Gasteiger partial charge in [0, 0.05) is 57.7 Å². The van der Waals surface area contributed by atoms with E-state index >= 15 is 0 Å². The fourth-order valence-electron chi connectivity index (χ4n) is 5.90. The molecule has 4 bridgehead atoms. The molecule has 3 aromatic rings. The summed E-state index contributed by atoms with van der Waals surface area (Å²) in [6.07, 6.45) is 1.39. The largest absolute Gasteiger partial charge is 0.493 e. The molecule has 0 spiro atoms. The van der Waals surface area contributed by atoms with E-state index in [0.717, 1.165) is 22.5 Å². The lowest BCUT2D eigenvalue weighted by Crippen LogP contribution is -2.58. The van der Waals surface area contributed by atoms with E-state index in [4.69, 9.17) is 14.2 Å². The number of nitrogens with zero attached hydrogens (tertiary/aromatic N) is 3. The average molecular weight is 622 g/mol. The second-order valence-corrected chi connectivity index (χ2v) is 11.6. The van der Waals surface area contributed by atoms with Crippen LogP contribution in [0.4, 0.5) is 4.39 Å². The van der Waals surface area contributed by atoms with Crippen molar-refractivity contribution < 1.29 is 33.0 Å². The minimum absolute atomic E-state index is 0.0357. The van der Waals surface area contributed by atoms with Crippen LogP contribution in [-0.2, 0) is 40.8 Å². The molecule has 5 rings (SSSR count). The second-order valence-electron chi connectivity index (χ2n) is 11.6. The van der Waals surface area contributed by atoms with Gasteiger partial charge in [0.25, 0.3) is 5.91 Å². The quantitative estimate of drug-likeness (QED) is 0.459. The number of carbonyl (C=O) groups excluding carboxylic acids is 3. The van der Waals surface area contributed by atoms with Crippen LogP contribution in [0.5, 0.6) is 17.2 Å². The van der Waals surface area contributed by atoms with E-state index in [2.05, 4.69) is 15.7 Å². The molecule has 2 atom stereocenters. The molecular weight excluding hydrogens is 581 g/mol. The first-order valence-electron chi connectivity index (χ1n) is 15.2. The molecule has 2 aliphatic heterocycles. The normalized spacial score (nSPS) is 19.2. The number of fused-ring (bicyclic) bond motifs is 5. The molecule has 0 radical (unpaired) electrons. The van der Waals surface area contributed by atoms with E-state index in [-0.39, 0.29) is 43.7 Å². The van der Waals surface area contributed by atoms with Crippen molar-refractivity contribution in [3.8, 4) is 17.2 Å². The van der Waals surface area contributed by atoms with Gasteiger partial charge in [0.1, 0.15) is 17.7 Å². The first-order chi connectivity index (χ1) is 21.6. The van der Waals surface area contributed by atoms with Gasteiger partial charge in [-0.3, -0.25) is 19.1 Å². The highest BCUT2D eigenvalue weighted by Crippen LogP contribution is 2.29. The third kappa shape index (κ3) is 7.92. The Morgan fingerprint density at radius 3 is 2.69 bits per heavy atom. The minimum atomic E-state index is -0.584. The number of methoxy groups -OCH3 is 1. The number of benzene rings is 2. The van der Waals surface area contributed by atoms with Crippen LogP contribution in [0.2, 0.25) is 0 Å². The zero-order chi connectivity index (χ0) is 32.1. The first-order valence-corrected chi connectivity index (χ1v) is 15.2. The lowest BCUT2D eigenvalue weighted by atomic mass is 10.00. The van der Waals surface area contributed by atoms with Crippen molar-refractivity contribution in [2.24, 2.45) is 7.05 Å². The number of carbonyl (C=O) groups is 3. The minimum Gasteiger partial charge on any atom is -0.493 e. The summed E-state index contributed by atoms with van der Waals surface area (Å²) >= 11 is 0. The maximum absolute atomic E-state index is 14.6. The van der Waals surface area contributed by atoms with Crippen LogP contribution in [0.25, 0.3) is 0 Å². The summed E-state index contributed by atoms with van der Waals surface area (Å²) in [5, 5.41) is 10.3. The molecule has 3 amide bonds. The van der Waals surface area contributed by atoms with Crippen LogP contribution >= 0.6 is 0 Å². The van der Waals surface area contributed by atoms with Crippen LogP contribution < -0.4 is 24.8 Å². The highest BCUT2D eigenvalue weighted by atomic mass is 19.1. The molecule has 0 aliphatic carbocycles. The summed E-state index contributed by atoms with van der Waals surface area (Å²) in [5.41, 5.74) is 4.38. The molecule has 1 fully saturated rings. The smallest absolute Gasteiger partial charge is 0.258 e. The zero-order valence-corrected chi connectivity index (χ0v) is 26.2. The van der Waals surface area contributed by atoms with Gasteiger partial charge in [-0.15, -0.1) is 0 Å². The van der Waals surface area contributed by atoms with Crippen molar-refractivity contribution in [3.63, 3.8) is 0 Å². The Bertz CT molecular complexity index is 1570. The zero-order valence-electron chi connectivity index (χ0n) is 26.2. The Morgan fingerprint density at radius 2 is 1.93 bits per heavy atom. The molecule has 240 valence electrons. The van der Waals surface area contributed by atoms with Crippen molar-refractivity contribution in [2.75, 3.05) is 26.8 Å². The highest BCUT2D eigenvalue weighted by molar-refractivity contribution is 5.79. The number of halogens is 1. The second kappa shape index (κ2) is 14.0.